The van der Waals surface area contributed by atoms with Crippen LogP contribution >= 0.6 is 0 Å². The molecule has 1 aliphatic heterocycles. The van der Waals surface area contributed by atoms with E-state index < -0.39 is 61.2 Å². The fourth-order valence-electron chi connectivity index (χ4n) is 2.38. The van der Waals surface area contributed by atoms with Gasteiger partial charge < -0.3 is 33.5 Å². The Kier molecular flexibility index (Phi) is 9.12. The minimum Gasteiger partial charge on any atom is -0.464 e. The van der Waals surface area contributed by atoms with E-state index in [1.54, 1.807) is 6.92 Å². The summed E-state index contributed by atoms with van der Waals surface area (Å²) >= 11 is 0. The number of ether oxygens (including phenoxy) is 6. The summed E-state index contributed by atoms with van der Waals surface area (Å²) in [5.41, 5.74) is 0. The highest BCUT2D eigenvalue weighted by Gasteiger charge is 2.50. The lowest BCUT2D eigenvalue weighted by Gasteiger charge is -2.42. The molecule has 1 heterocycles. The highest BCUT2D eigenvalue weighted by Crippen LogP contribution is 2.27. The van der Waals surface area contributed by atoms with Crippen molar-refractivity contribution in [3.63, 3.8) is 0 Å². The molecule has 0 radical (unpaired) electrons. The van der Waals surface area contributed by atoms with E-state index >= 15 is 0 Å². The molecule has 1 N–H and O–H groups in total. The van der Waals surface area contributed by atoms with Gasteiger partial charge in [0.2, 0.25) is 0 Å². The minimum atomic E-state index is -1.58. The van der Waals surface area contributed by atoms with E-state index in [2.05, 4.69) is 0 Å². The Morgan fingerprint density at radius 1 is 0.926 bits per heavy atom. The van der Waals surface area contributed by atoms with Crippen molar-refractivity contribution in [2.45, 2.75) is 58.4 Å². The van der Waals surface area contributed by atoms with Gasteiger partial charge in [-0.25, -0.2) is 4.79 Å². The molecule has 0 bridgehead atoms. The van der Waals surface area contributed by atoms with Crippen molar-refractivity contribution in [2.24, 2.45) is 0 Å². The molecule has 11 nitrogen and oxygen atoms in total. The number of rotatable bonds is 8. The van der Waals surface area contributed by atoms with Gasteiger partial charge in [0.15, 0.2) is 18.5 Å². The average Bonchev–Trinajstić information content (AvgIpc) is 2.55. The Bertz CT molecular complexity index is 546. The zero-order valence-electron chi connectivity index (χ0n) is 15.5. The lowest BCUT2D eigenvalue weighted by molar-refractivity contribution is -0.305. The average molecular weight is 392 g/mol. The molecule has 154 valence electrons. The van der Waals surface area contributed by atoms with E-state index in [4.69, 9.17) is 28.4 Å². The normalized spacial score (nSPS) is 27.4. The first-order valence-corrected chi connectivity index (χ1v) is 8.24. The summed E-state index contributed by atoms with van der Waals surface area (Å²) in [7, 11) is 0. The van der Waals surface area contributed by atoms with Gasteiger partial charge >= 0.3 is 23.9 Å². The van der Waals surface area contributed by atoms with Crippen molar-refractivity contribution in [3.05, 3.63) is 0 Å². The number of hydrogen-bond donors (Lipinski definition) is 1. The summed E-state index contributed by atoms with van der Waals surface area (Å²) in [6.45, 7) is 4.22. The minimum absolute atomic E-state index is 0.135. The van der Waals surface area contributed by atoms with E-state index in [-0.39, 0.29) is 13.2 Å². The maximum Gasteiger partial charge on any atom is 0.332 e. The second-order valence-corrected chi connectivity index (χ2v) is 5.60. The number of aliphatic hydroxyl groups excluding tert-OH is 1. The van der Waals surface area contributed by atoms with E-state index in [1.807, 2.05) is 0 Å². The Morgan fingerprint density at radius 3 is 2.04 bits per heavy atom. The van der Waals surface area contributed by atoms with Crippen molar-refractivity contribution in [1.29, 1.82) is 0 Å². The maximum atomic E-state index is 11.4. The van der Waals surface area contributed by atoms with Crippen LogP contribution in [0.5, 0.6) is 0 Å². The monoisotopic (exact) mass is 392 g/mol. The van der Waals surface area contributed by atoms with Gasteiger partial charge in [0, 0.05) is 20.8 Å². The lowest BCUT2D eigenvalue weighted by atomic mass is 9.98. The predicted octanol–water partition coefficient (Wildman–Crippen LogP) is -0.922. The third-order valence-electron chi connectivity index (χ3n) is 3.34. The molecule has 27 heavy (non-hydrogen) atoms. The summed E-state index contributed by atoms with van der Waals surface area (Å²) in [6.07, 6.45) is -6.75. The fourth-order valence-corrected chi connectivity index (χ4v) is 2.38. The Morgan fingerprint density at radius 2 is 1.52 bits per heavy atom. The maximum absolute atomic E-state index is 11.4. The van der Waals surface area contributed by atoms with Gasteiger partial charge in [-0.3, -0.25) is 14.4 Å². The van der Waals surface area contributed by atoms with Crippen LogP contribution in [0, 0.1) is 0 Å². The smallest absolute Gasteiger partial charge is 0.332 e. The first-order valence-electron chi connectivity index (χ1n) is 8.24. The summed E-state index contributed by atoms with van der Waals surface area (Å²) < 4.78 is 30.4. The first kappa shape index (κ1) is 22.8. The van der Waals surface area contributed by atoms with Crippen molar-refractivity contribution in [2.75, 3.05) is 19.8 Å². The van der Waals surface area contributed by atoms with Gasteiger partial charge in [-0.1, -0.05) is 0 Å². The predicted molar refractivity (Wildman–Crippen MR) is 85.0 cm³/mol. The number of aliphatic hydroxyl groups is 1. The molecule has 1 aliphatic rings. The van der Waals surface area contributed by atoms with Gasteiger partial charge in [-0.2, -0.15) is 0 Å². The van der Waals surface area contributed by atoms with Crippen LogP contribution in [0.15, 0.2) is 0 Å². The highest BCUT2D eigenvalue weighted by molar-refractivity contribution is 5.70. The third kappa shape index (κ3) is 7.49. The van der Waals surface area contributed by atoms with Crippen molar-refractivity contribution >= 4 is 23.9 Å². The fraction of sp³-hybridized carbons (Fsp3) is 0.750. The number of esters is 4. The van der Waals surface area contributed by atoms with Crippen LogP contribution in [0.3, 0.4) is 0 Å². The van der Waals surface area contributed by atoms with Crippen LogP contribution < -0.4 is 0 Å². The topological polar surface area (TPSA) is 144 Å². The van der Waals surface area contributed by atoms with Crippen LogP contribution in [-0.2, 0) is 47.6 Å². The van der Waals surface area contributed by atoms with Crippen LogP contribution in [-0.4, -0.2) is 79.5 Å². The van der Waals surface area contributed by atoms with E-state index in [1.165, 1.54) is 0 Å². The second-order valence-electron chi connectivity index (χ2n) is 5.60. The molecule has 0 aromatic rings. The molecule has 0 aromatic carbocycles. The summed E-state index contributed by atoms with van der Waals surface area (Å²) in [5.74, 6) is -2.81. The molecular formula is C16H24O11. The molecule has 11 heteroatoms. The zero-order valence-corrected chi connectivity index (χ0v) is 15.5. The standard InChI is InChI=1S/C16H24O11/c1-5-22-12(20)7-24-16-13(21)15(26-10(4)19)14(25-9(3)18)11(27-16)6-23-8(2)17/h11,13-16,21H,5-7H2,1-4H3/t11-,13-,14-,15-,16+/m1/s1. The molecule has 0 amide bonds. The quantitative estimate of drug-likeness (QED) is 0.404. The molecule has 0 aromatic heterocycles. The molecule has 1 fully saturated rings. The largest absolute Gasteiger partial charge is 0.464 e. The summed E-state index contributed by atoms with van der Waals surface area (Å²) in [5, 5.41) is 10.4. The van der Waals surface area contributed by atoms with Gasteiger partial charge in [0.25, 0.3) is 0 Å². The van der Waals surface area contributed by atoms with Crippen molar-refractivity contribution in [3.8, 4) is 0 Å². The van der Waals surface area contributed by atoms with E-state index in [0.717, 1.165) is 20.8 Å². The first-order chi connectivity index (χ1) is 12.6. The molecular weight excluding hydrogens is 368 g/mol. The Labute approximate surface area is 155 Å². The van der Waals surface area contributed by atoms with Gasteiger partial charge in [-0.15, -0.1) is 0 Å². The molecule has 1 saturated heterocycles. The third-order valence-corrected chi connectivity index (χ3v) is 3.34. The molecule has 0 saturated carbocycles. The zero-order chi connectivity index (χ0) is 20.6. The molecule has 1 rings (SSSR count). The van der Waals surface area contributed by atoms with Gasteiger partial charge in [0.1, 0.15) is 25.4 Å². The highest BCUT2D eigenvalue weighted by atomic mass is 16.7. The second kappa shape index (κ2) is 10.8. The Balaban J connectivity index is 3.00. The SMILES string of the molecule is CCOC(=O)CO[C@H]1O[C@H](COC(C)=O)[C@@H](OC(C)=O)[C@H](OC(C)=O)[C@H]1O. The van der Waals surface area contributed by atoms with Crippen LogP contribution in [0.25, 0.3) is 0 Å². The molecule has 5 atom stereocenters. The Hall–Kier alpha value is -2.24. The van der Waals surface area contributed by atoms with Gasteiger partial charge in [0.05, 0.1) is 6.61 Å². The molecule has 0 aliphatic carbocycles. The van der Waals surface area contributed by atoms with E-state index in [0.29, 0.717) is 0 Å². The summed E-state index contributed by atoms with van der Waals surface area (Å²) in [4.78, 5) is 45.4. The van der Waals surface area contributed by atoms with Crippen molar-refractivity contribution < 1.29 is 52.7 Å². The van der Waals surface area contributed by atoms with Crippen LogP contribution in [0.1, 0.15) is 27.7 Å². The van der Waals surface area contributed by atoms with Gasteiger partial charge in [-0.05, 0) is 6.92 Å². The van der Waals surface area contributed by atoms with Crippen LogP contribution in [0.4, 0.5) is 0 Å². The molecule has 0 unspecified atom stereocenters. The van der Waals surface area contributed by atoms with Crippen molar-refractivity contribution in [1.82, 2.24) is 0 Å². The summed E-state index contributed by atoms with van der Waals surface area (Å²) in [6, 6.07) is 0. The number of hydrogen-bond acceptors (Lipinski definition) is 11. The number of carbonyl (C=O) groups is 4. The lowest BCUT2D eigenvalue weighted by Crippen LogP contribution is -2.62. The van der Waals surface area contributed by atoms with E-state index in [9.17, 15) is 24.3 Å². The molecule has 0 spiro atoms. The van der Waals surface area contributed by atoms with Crippen LogP contribution in [0.2, 0.25) is 0 Å². The number of carbonyl (C=O) groups excluding carboxylic acids is 4.